The van der Waals surface area contributed by atoms with E-state index >= 15 is 0 Å². The zero-order valence-corrected chi connectivity index (χ0v) is 12.4. The molecular weight excluding hydrogens is 280 g/mol. The molecule has 0 saturated heterocycles. The molecule has 1 saturated carbocycles. The number of amides is 1. The highest BCUT2D eigenvalue weighted by molar-refractivity contribution is 6.32. The average molecular weight is 299 g/mol. The number of carbonyl (C=O) groups excluding carboxylic acids is 1. The number of ether oxygens (including phenoxy) is 2. The first-order valence-electron chi connectivity index (χ1n) is 6.54. The summed E-state index contributed by atoms with van der Waals surface area (Å²) < 4.78 is 10.4. The molecule has 2 atom stereocenters. The number of hydrogen-bond acceptors (Lipinski definition) is 4. The third-order valence-electron chi connectivity index (χ3n) is 3.64. The lowest BCUT2D eigenvalue weighted by Crippen LogP contribution is -2.34. The highest BCUT2D eigenvalue weighted by Gasteiger charge is 2.30. The van der Waals surface area contributed by atoms with Gasteiger partial charge in [0.1, 0.15) is 11.5 Å². The predicted octanol–water partition coefficient (Wildman–Crippen LogP) is 2.42. The summed E-state index contributed by atoms with van der Waals surface area (Å²) in [6.45, 7) is 0. The maximum Gasteiger partial charge on any atom is 0.229 e. The summed E-state index contributed by atoms with van der Waals surface area (Å²) in [5.74, 6) is 0.744. The van der Waals surface area contributed by atoms with Crippen LogP contribution < -0.4 is 20.5 Å². The zero-order chi connectivity index (χ0) is 14.7. The van der Waals surface area contributed by atoms with Crippen LogP contribution in [0.15, 0.2) is 12.1 Å². The van der Waals surface area contributed by atoms with E-state index in [9.17, 15) is 4.79 Å². The highest BCUT2D eigenvalue weighted by Crippen LogP contribution is 2.36. The SMILES string of the molecule is COc1cc(NC(=O)C2CCCC2N)c(OC)cc1Cl. The number of halogens is 1. The zero-order valence-electron chi connectivity index (χ0n) is 11.6. The maximum absolute atomic E-state index is 12.3. The second-order valence-electron chi connectivity index (χ2n) is 4.88. The van der Waals surface area contributed by atoms with E-state index in [0.717, 1.165) is 19.3 Å². The van der Waals surface area contributed by atoms with Crippen LogP contribution in [0.4, 0.5) is 5.69 Å². The Hall–Kier alpha value is -1.46. The Morgan fingerprint density at radius 2 is 2.00 bits per heavy atom. The Labute approximate surface area is 123 Å². The molecule has 2 unspecified atom stereocenters. The number of hydrogen-bond donors (Lipinski definition) is 2. The summed E-state index contributed by atoms with van der Waals surface area (Å²) >= 11 is 6.03. The van der Waals surface area contributed by atoms with Gasteiger partial charge in [-0.15, -0.1) is 0 Å². The summed E-state index contributed by atoms with van der Waals surface area (Å²) in [6, 6.07) is 3.19. The van der Waals surface area contributed by atoms with E-state index in [1.807, 2.05) is 0 Å². The van der Waals surface area contributed by atoms with Gasteiger partial charge in [0, 0.05) is 18.2 Å². The van der Waals surface area contributed by atoms with Crippen molar-refractivity contribution in [2.45, 2.75) is 25.3 Å². The van der Waals surface area contributed by atoms with Crippen LogP contribution in [-0.4, -0.2) is 26.2 Å². The molecule has 1 aromatic rings. The van der Waals surface area contributed by atoms with Crippen molar-refractivity contribution in [3.63, 3.8) is 0 Å². The largest absolute Gasteiger partial charge is 0.495 e. The van der Waals surface area contributed by atoms with Crippen molar-refractivity contribution in [3.8, 4) is 11.5 Å². The molecule has 0 heterocycles. The summed E-state index contributed by atoms with van der Waals surface area (Å²) in [5, 5.41) is 3.28. The van der Waals surface area contributed by atoms with Gasteiger partial charge in [-0.05, 0) is 12.8 Å². The van der Waals surface area contributed by atoms with Gasteiger partial charge < -0.3 is 20.5 Å². The molecule has 1 aliphatic rings. The first kappa shape index (κ1) is 14.9. The van der Waals surface area contributed by atoms with Crippen molar-refractivity contribution in [1.82, 2.24) is 0 Å². The Bertz CT molecular complexity index is 507. The molecule has 1 fully saturated rings. The van der Waals surface area contributed by atoms with E-state index in [2.05, 4.69) is 5.32 Å². The predicted molar refractivity (Wildman–Crippen MR) is 78.5 cm³/mol. The van der Waals surface area contributed by atoms with E-state index < -0.39 is 0 Å². The molecule has 0 radical (unpaired) electrons. The van der Waals surface area contributed by atoms with Crippen LogP contribution >= 0.6 is 11.6 Å². The van der Waals surface area contributed by atoms with Crippen LogP contribution in [0.1, 0.15) is 19.3 Å². The van der Waals surface area contributed by atoms with Gasteiger partial charge in [-0.3, -0.25) is 4.79 Å². The van der Waals surface area contributed by atoms with Gasteiger partial charge in [0.25, 0.3) is 0 Å². The molecule has 0 bridgehead atoms. The van der Waals surface area contributed by atoms with E-state index in [1.165, 1.54) is 14.2 Å². The van der Waals surface area contributed by atoms with Crippen molar-refractivity contribution in [3.05, 3.63) is 17.2 Å². The van der Waals surface area contributed by atoms with Crippen LogP contribution in [0, 0.1) is 5.92 Å². The van der Waals surface area contributed by atoms with Gasteiger partial charge in [0.05, 0.1) is 30.8 Å². The fraction of sp³-hybridized carbons (Fsp3) is 0.500. The minimum atomic E-state index is -0.152. The second kappa shape index (κ2) is 6.33. The molecule has 110 valence electrons. The van der Waals surface area contributed by atoms with Crippen LogP contribution in [-0.2, 0) is 4.79 Å². The van der Waals surface area contributed by atoms with E-state index in [4.69, 9.17) is 26.8 Å². The van der Waals surface area contributed by atoms with E-state index in [0.29, 0.717) is 22.2 Å². The molecule has 1 aromatic carbocycles. The monoisotopic (exact) mass is 298 g/mol. The first-order chi connectivity index (χ1) is 9.56. The fourth-order valence-corrected chi connectivity index (χ4v) is 2.73. The molecule has 0 spiro atoms. The number of nitrogens with two attached hydrogens (primary N) is 1. The topological polar surface area (TPSA) is 73.6 Å². The van der Waals surface area contributed by atoms with Gasteiger partial charge >= 0.3 is 0 Å². The maximum atomic E-state index is 12.3. The first-order valence-corrected chi connectivity index (χ1v) is 6.92. The number of nitrogens with one attached hydrogen (secondary N) is 1. The molecule has 2 rings (SSSR count). The molecule has 5 nitrogen and oxygen atoms in total. The standard InChI is InChI=1S/C14H19ClN2O3/c1-19-12-7-11(13(20-2)6-9(12)15)17-14(18)8-4-3-5-10(8)16/h6-8,10H,3-5,16H2,1-2H3,(H,17,18). The molecule has 0 aliphatic heterocycles. The molecule has 1 aliphatic carbocycles. The fourth-order valence-electron chi connectivity index (χ4n) is 2.50. The van der Waals surface area contributed by atoms with Crippen molar-refractivity contribution in [2.24, 2.45) is 11.7 Å². The average Bonchev–Trinajstić information content (AvgIpc) is 2.86. The van der Waals surface area contributed by atoms with Crippen LogP contribution in [0.25, 0.3) is 0 Å². The number of carbonyl (C=O) groups is 1. The molecular formula is C14H19ClN2O3. The summed E-state index contributed by atoms with van der Waals surface area (Å²) in [6.07, 6.45) is 2.69. The number of rotatable bonds is 4. The normalized spacial score (nSPS) is 21.6. The Balaban J connectivity index is 2.21. The third kappa shape index (κ3) is 2.99. The van der Waals surface area contributed by atoms with Crippen LogP contribution in [0.5, 0.6) is 11.5 Å². The summed E-state index contributed by atoms with van der Waals surface area (Å²) in [5.41, 5.74) is 6.49. The lowest BCUT2D eigenvalue weighted by Gasteiger charge is -2.17. The minimum Gasteiger partial charge on any atom is -0.495 e. The minimum absolute atomic E-state index is 0.0739. The van der Waals surface area contributed by atoms with Gasteiger partial charge in [0.2, 0.25) is 5.91 Å². The Kier molecular flexibility index (Phi) is 4.73. The van der Waals surface area contributed by atoms with Crippen molar-refractivity contribution < 1.29 is 14.3 Å². The number of anilines is 1. The quantitative estimate of drug-likeness (QED) is 0.895. The highest BCUT2D eigenvalue weighted by atomic mass is 35.5. The van der Waals surface area contributed by atoms with Gasteiger partial charge in [-0.2, -0.15) is 0 Å². The van der Waals surface area contributed by atoms with Crippen molar-refractivity contribution >= 4 is 23.2 Å². The van der Waals surface area contributed by atoms with Gasteiger partial charge in [0.15, 0.2) is 0 Å². The van der Waals surface area contributed by atoms with Crippen molar-refractivity contribution in [1.29, 1.82) is 0 Å². The van der Waals surface area contributed by atoms with Crippen molar-refractivity contribution in [2.75, 3.05) is 19.5 Å². The summed E-state index contributed by atoms with van der Waals surface area (Å²) in [4.78, 5) is 12.3. The van der Waals surface area contributed by atoms with Crippen LogP contribution in [0.3, 0.4) is 0 Å². The Morgan fingerprint density at radius 1 is 1.30 bits per heavy atom. The van der Waals surface area contributed by atoms with E-state index in [1.54, 1.807) is 12.1 Å². The smallest absolute Gasteiger partial charge is 0.229 e. The van der Waals surface area contributed by atoms with Gasteiger partial charge in [-0.1, -0.05) is 18.0 Å². The Morgan fingerprint density at radius 3 is 2.55 bits per heavy atom. The number of methoxy groups -OCH3 is 2. The molecule has 1 amide bonds. The number of benzene rings is 1. The lowest BCUT2D eigenvalue weighted by atomic mass is 10.0. The summed E-state index contributed by atoms with van der Waals surface area (Å²) in [7, 11) is 3.04. The lowest BCUT2D eigenvalue weighted by molar-refractivity contribution is -0.120. The molecule has 6 heteroatoms. The second-order valence-corrected chi connectivity index (χ2v) is 5.28. The third-order valence-corrected chi connectivity index (χ3v) is 3.93. The van der Waals surface area contributed by atoms with Gasteiger partial charge in [-0.25, -0.2) is 0 Å². The molecule has 3 N–H and O–H groups in total. The molecule has 0 aromatic heterocycles. The van der Waals surface area contributed by atoms with E-state index in [-0.39, 0.29) is 17.9 Å². The molecule has 20 heavy (non-hydrogen) atoms. The van der Waals surface area contributed by atoms with Crippen LogP contribution in [0.2, 0.25) is 5.02 Å².